The zero-order valence-electron chi connectivity index (χ0n) is 14.0. The van der Waals surface area contributed by atoms with E-state index in [9.17, 15) is 10.1 Å². The summed E-state index contributed by atoms with van der Waals surface area (Å²) in [6.45, 7) is 0. The molecule has 0 atom stereocenters. The molecule has 0 saturated carbocycles. The Morgan fingerprint density at radius 3 is 2.65 bits per heavy atom. The number of hydrogen-bond acceptors (Lipinski definition) is 6. The van der Waals surface area contributed by atoms with Crippen molar-refractivity contribution in [1.82, 2.24) is 4.98 Å². The Balaban J connectivity index is 1.86. The number of para-hydroxylation sites is 1. The second-order valence-corrected chi connectivity index (χ2v) is 6.11. The molecule has 0 aliphatic carbocycles. The zero-order chi connectivity index (χ0) is 18.4. The molecule has 0 amide bonds. The van der Waals surface area contributed by atoms with Gasteiger partial charge in [0, 0.05) is 17.1 Å². The number of aromatic nitrogens is 1. The summed E-state index contributed by atoms with van der Waals surface area (Å²) in [5.41, 5.74) is 3.16. The lowest BCUT2D eigenvalue weighted by Gasteiger charge is -2.07. The first-order chi connectivity index (χ1) is 12.7. The van der Waals surface area contributed by atoms with E-state index in [-0.39, 0.29) is 0 Å². The van der Waals surface area contributed by atoms with E-state index in [1.165, 1.54) is 18.4 Å². The van der Waals surface area contributed by atoms with Gasteiger partial charge in [-0.3, -0.25) is 0 Å². The fraction of sp³-hybridized carbons (Fsp3) is 0.0500. The van der Waals surface area contributed by atoms with E-state index >= 15 is 0 Å². The van der Waals surface area contributed by atoms with Crippen molar-refractivity contribution >= 4 is 28.6 Å². The first-order valence-corrected chi connectivity index (χ1v) is 8.66. The SMILES string of the molecule is COC(=O)c1ccccc1N/C=C(/C#N)c1nc(-c2ccccc2)cs1. The molecule has 0 radical (unpaired) electrons. The van der Waals surface area contributed by atoms with E-state index in [4.69, 9.17) is 4.74 Å². The summed E-state index contributed by atoms with van der Waals surface area (Å²) in [5, 5.41) is 15.0. The normalized spacial score (nSPS) is 10.8. The number of allylic oxidation sites excluding steroid dienone is 1. The van der Waals surface area contributed by atoms with Gasteiger partial charge in [-0.25, -0.2) is 9.78 Å². The summed E-state index contributed by atoms with van der Waals surface area (Å²) in [4.78, 5) is 16.4. The largest absolute Gasteiger partial charge is 0.465 e. The number of esters is 1. The summed E-state index contributed by atoms with van der Waals surface area (Å²) in [6, 6.07) is 18.9. The summed E-state index contributed by atoms with van der Waals surface area (Å²) in [6.07, 6.45) is 1.55. The van der Waals surface area contributed by atoms with E-state index < -0.39 is 5.97 Å². The van der Waals surface area contributed by atoms with Crippen LogP contribution >= 0.6 is 11.3 Å². The van der Waals surface area contributed by atoms with E-state index in [2.05, 4.69) is 16.4 Å². The van der Waals surface area contributed by atoms with E-state index in [1.807, 2.05) is 35.7 Å². The number of carbonyl (C=O) groups excluding carboxylic acids is 1. The van der Waals surface area contributed by atoms with Gasteiger partial charge in [0.15, 0.2) is 0 Å². The van der Waals surface area contributed by atoms with Gasteiger partial charge in [-0.1, -0.05) is 42.5 Å². The molecule has 0 spiro atoms. The van der Waals surface area contributed by atoms with Gasteiger partial charge in [0.05, 0.1) is 24.1 Å². The average Bonchev–Trinajstić information content (AvgIpc) is 3.19. The molecule has 1 heterocycles. The summed E-state index contributed by atoms with van der Waals surface area (Å²) < 4.78 is 4.77. The van der Waals surface area contributed by atoms with Crippen LogP contribution in [0.15, 0.2) is 66.2 Å². The lowest BCUT2D eigenvalue weighted by atomic mass is 10.2. The number of ether oxygens (including phenoxy) is 1. The van der Waals surface area contributed by atoms with Gasteiger partial charge < -0.3 is 10.1 Å². The maximum atomic E-state index is 11.8. The Kier molecular flexibility index (Phi) is 5.42. The quantitative estimate of drug-likeness (QED) is 0.532. The number of anilines is 1. The molecule has 3 aromatic rings. The average molecular weight is 361 g/mol. The molecule has 26 heavy (non-hydrogen) atoms. The number of nitrogens with one attached hydrogen (secondary N) is 1. The Morgan fingerprint density at radius 2 is 1.92 bits per heavy atom. The van der Waals surface area contributed by atoms with E-state index in [0.717, 1.165) is 11.3 Å². The number of nitrogens with zero attached hydrogens (tertiary/aromatic N) is 2. The van der Waals surface area contributed by atoms with Crippen molar-refractivity contribution in [1.29, 1.82) is 5.26 Å². The first kappa shape index (κ1) is 17.4. The highest BCUT2D eigenvalue weighted by Crippen LogP contribution is 2.26. The van der Waals surface area contributed by atoms with Crippen LogP contribution in [0, 0.1) is 11.3 Å². The van der Waals surface area contributed by atoms with Crippen LogP contribution in [0.4, 0.5) is 5.69 Å². The minimum atomic E-state index is -0.444. The number of nitriles is 1. The van der Waals surface area contributed by atoms with Gasteiger partial charge in [-0.15, -0.1) is 11.3 Å². The number of methoxy groups -OCH3 is 1. The number of thiazole rings is 1. The van der Waals surface area contributed by atoms with Gasteiger partial charge in [0.25, 0.3) is 0 Å². The number of carbonyl (C=O) groups is 1. The second kappa shape index (κ2) is 8.10. The topological polar surface area (TPSA) is 75.0 Å². The van der Waals surface area contributed by atoms with E-state index in [1.54, 1.807) is 30.5 Å². The van der Waals surface area contributed by atoms with Crippen molar-refractivity contribution in [3.63, 3.8) is 0 Å². The highest BCUT2D eigenvalue weighted by molar-refractivity contribution is 7.11. The van der Waals surface area contributed by atoms with Crippen LogP contribution in [-0.2, 0) is 4.74 Å². The molecule has 0 bridgehead atoms. The third-order valence-corrected chi connectivity index (χ3v) is 4.50. The third-order valence-electron chi connectivity index (χ3n) is 3.63. The lowest BCUT2D eigenvalue weighted by molar-refractivity contribution is 0.0602. The molecule has 6 heteroatoms. The van der Waals surface area contributed by atoms with Gasteiger partial charge in [0.1, 0.15) is 16.6 Å². The zero-order valence-corrected chi connectivity index (χ0v) is 14.8. The van der Waals surface area contributed by atoms with Crippen LogP contribution in [0.3, 0.4) is 0 Å². The van der Waals surface area contributed by atoms with Gasteiger partial charge in [-0.2, -0.15) is 5.26 Å². The molecular weight excluding hydrogens is 346 g/mol. The van der Waals surface area contributed by atoms with Crippen LogP contribution in [0.1, 0.15) is 15.4 Å². The molecule has 128 valence electrons. The van der Waals surface area contributed by atoms with Crippen LogP contribution in [-0.4, -0.2) is 18.1 Å². The molecule has 5 nitrogen and oxygen atoms in total. The molecule has 0 saturated heterocycles. The fourth-order valence-corrected chi connectivity index (χ4v) is 3.12. The van der Waals surface area contributed by atoms with Crippen molar-refractivity contribution in [3.05, 3.63) is 76.7 Å². The molecule has 1 aromatic heterocycles. The Bertz CT molecular complexity index is 988. The number of hydrogen-bond donors (Lipinski definition) is 1. The lowest BCUT2D eigenvalue weighted by Crippen LogP contribution is -2.05. The van der Waals surface area contributed by atoms with E-state index in [0.29, 0.717) is 21.8 Å². The molecule has 3 rings (SSSR count). The Labute approximate surface area is 155 Å². The van der Waals surface area contributed by atoms with Crippen molar-refractivity contribution in [2.24, 2.45) is 0 Å². The number of rotatable bonds is 5. The van der Waals surface area contributed by atoms with Gasteiger partial charge >= 0.3 is 5.97 Å². The van der Waals surface area contributed by atoms with Crippen molar-refractivity contribution < 1.29 is 9.53 Å². The molecule has 0 fully saturated rings. The Hall–Kier alpha value is -3.43. The predicted molar refractivity (Wildman–Crippen MR) is 103 cm³/mol. The van der Waals surface area contributed by atoms with Crippen LogP contribution in [0.2, 0.25) is 0 Å². The summed E-state index contributed by atoms with van der Waals surface area (Å²) in [7, 11) is 1.33. The van der Waals surface area contributed by atoms with Crippen molar-refractivity contribution in [3.8, 4) is 17.3 Å². The monoisotopic (exact) mass is 361 g/mol. The maximum Gasteiger partial charge on any atom is 0.339 e. The summed E-state index contributed by atoms with van der Waals surface area (Å²) >= 11 is 1.39. The number of benzene rings is 2. The standard InChI is InChI=1S/C20H15N3O2S/c1-25-20(24)16-9-5-6-10-17(16)22-12-15(11-21)19-23-18(13-26-19)14-7-3-2-4-8-14/h2-10,12-13,22H,1H3/b15-12-. The minimum Gasteiger partial charge on any atom is -0.465 e. The highest BCUT2D eigenvalue weighted by Gasteiger charge is 2.12. The van der Waals surface area contributed by atoms with Crippen LogP contribution in [0.5, 0.6) is 0 Å². The van der Waals surface area contributed by atoms with Crippen molar-refractivity contribution in [2.75, 3.05) is 12.4 Å². The van der Waals surface area contributed by atoms with Crippen molar-refractivity contribution in [2.45, 2.75) is 0 Å². The van der Waals surface area contributed by atoms with Gasteiger partial charge in [0.2, 0.25) is 0 Å². The maximum absolute atomic E-state index is 11.8. The molecular formula is C20H15N3O2S. The van der Waals surface area contributed by atoms with Gasteiger partial charge in [-0.05, 0) is 12.1 Å². The predicted octanol–water partition coefficient (Wildman–Crippen LogP) is 4.57. The molecule has 0 unspecified atom stereocenters. The fourth-order valence-electron chi connectivity index (χ4n) is 2.33. The molecule has 0 aliphatic heterocycles. The molecule has 0 aliphatic rings. The summed E-state index contributed by atoms with van der Waals surface area (Å²) in [5.74, 6) is -0.444. The van der Waals surface area contributed by atoms with Crippen LogP contribution in [0.25, 0.3) is 16.8 Å². The van der Waals surface area contributed by atoms with Crippen LogP contribution < -0.4 is 5.32 Å². The second-order valence-electron chi connectivity index (χ2n) is 5.26. The first-order valence-electron chi connectivity index (χ1n) is 7.78. The smallest absolute Gasteiger partial charge is 0.339 e. The Morgan fingerprint density at radius 1 is 1.19 bits per heavy atom. The third kappa shape index (κ3) is 3.79. The highest BCUT2D eigenvalue weighted by atomic mass is 32.1. The molecule has 2 aromatic carbocycles. The minimum absolute atomic E-state index is 0.386. The molecule has 1 N–H and O–H groups in total.